The van der Waals surface area contributed by atoms with E-state index in [0.717, 1.165) is 12.8 Å². The Morgan fingerprint density at radius 3 is 2.30 bits per heavy atom. The summed E-state index contributed by atoms with van der Waals surface area (Å²) in [5, 5.41) is 9.39. The zero-order valence-corrected chi connectivity index (χ0v) is 13.2. The Kier molecular flexibility index (Phi) is 5.83. The van der Waals surface area contributed by atoms with Crippen molar-refractivity contribution in [1.29, 1.82) is 0 Å². The molecule has 0 amide bonds. The van der Waals surface area contributed by atoms with E-state index in [2.05, 4.69) is 13.8 Å². The Labute approximate surface area is 121 Å². The number of nitrogen functional groups attached to an aromatic ring is 1. The van der Waals surface area contributed by atoms with Gasteiger partial charge in [-0.15, -0.1) is 0 Å². The topological polar surface area (TPSA) is 83.6 Å². The van der Waals surface area contributed by atoms with E-state index in [1.165, 1.54) is 22.5 Å². The first kappa shape index (κ1) is 16.8. The summed E-state index contributed by atoms with van der Waals surface area (Å²) in [6.45, 7) is 6.87. The smallest absolute Gasteiger partial charge is 0.243 e. The molecule has 0 unspecified atom stereocenters. The monoisotopic (exact) mass is 300 g/mol. The van der Waals surface area contributed by atoms with E-state index >= 15 is 0 Å². The molecule has 0 atom stereocenters. The minimum Gasteiger partial charge on any atom is -0.506 e. The van der Waals surface area contributed by atoms with E-state index in [4.69, 9.17) is 5.73 Å². The number of anilines is 1. The van der Waals surface area contributed by atoms with Crippen LogP contribution in [0, 0.1) is 5.92 Å². The van der Waals surface area contributed by atoms with Crippen molar-refractivity contribution in [3.63, 3.8) is 0 Å². The zero-order chi connectivity index (χ0) is 15.3. The van der Waals surface area contributed by atoms with E-state index < -0.39 is 10.0 Å². The van der Waals surface area contributed by atoms with Crippen molar-refractivity contribution in [3.05, 3.63) is 18.2 Å². The highest BCUT2D eigenvalue weighted by Crippen LogP contribution is 2.26. The molecule has 0 saturated heterocycles. The number of rotatable bonds is 7. The van der Waals surface area contributed by atoms with Gasteiger partial charge in [-0.25, -0.2) is 8.42 Å². The van der Waals surface area contributed by atoms with Crippen LogP contribution in [0.2, 0.25) is 0 Å². The minimum absolute atomic E-state index is 0.0738. The van der Waals surface area contributed by atoms with Crippen molar-refractivity contribution in [2.75, 3.05) is 18.8 Å². The lowest BCUT2D eigenvalue weighted by molar-refractivity contribution is 0.339. The molecular formula is C14H24N2O3S. The highest BCUT2D eigenvalue weighted by atomic mass is 32.2. The SMILES string of the molecule is CCC(CC)CN(CC)S(=O)(=O)c1ccc(O)c(N)c1. The third-order valence-corrected chi connectivity index (χ3v) is 5.54. The van der Waals surface area contributed by atoms with Gasteiger partial charge in [0.05, 0.1) is 10.6 Å². The van der Waals surface area contributed by atoms with Crippen LogP contribution in [-0.2, 0) is 10.0 Å². The molecule has 114 valence electrons. The number of phenolic OH excluding ortho intramolecular Hbond substituents is 1. The molecule has 1 aromatic carbocycles. The van der Waals surface area contributed by atoms with E-state index in [1.807, 2.05) is 6.92 Å². The van der Waals surface area contributed by atoms with Crippen molar-refractivity contribution in [3.8, 4) is 5.75 Å². The number of aromatic hydroxyl groups is 1. The maximum atomic E-state index is 12.6. The number of phenols is 1. The fourth-order valence-corrected chi connectivity index (χ4v) is 3.64. The zero-order valence-electron chi connectivity index (χ0n) is 12.3. The van der Waals surface area contributed by atoms with Crippen LogP contribution in [0.5, 0.6) is 5.75 Å². The lowest BCUT2D eigenvalue weighted by Crippen LogP contribution is -2.35. The Morgan fingerprint density at radius 1 is 1.25 bits per heavy atom. The molecule has 0 bridgehead atoms. The van der Waals surface area contributed by atoms with E-state index in [0.29, 0.717) is 19.0 Å². The van der Waals surface area contributed by atoms with Crippen molar-refractivity contribution in [1.82, 2.24) is 4.31 Å². The molecule has 3 N–H and O–H groups in total. The first-order valence-corrected chi connectivity index (χ1v) is 8.39. The average molecular weight is 300 g/mol. The van der Waals surface area contributed by atoms with Crippen LogP contribution >= 0.6 is 0 Å². The van der Waals surface area contributed by atoms with Crippen LogP contribution in [0.1, 0.15) is 33.6 Å². The molecular weight excluding hydrogens is 276 g/mol. The third-order valence-electron chi connectivity index (χ3n) is 3.61. The van der Waals surface area contributed by atoms with Crippen molar-refractivity contribution in [2.45, 2.75) is 38.5 Å². The molecule has 0 fully saturated rings. The molecule has 6 heteroatoms. The highest BCUT2D eigenvalue weighted by molar-refractivity contribution is 7.89. The van der Waals surface area contributed by atoms with Crippen molar-refractivity contribution >= 4 is 15.7 Å². The van der Waals surface area contributed by atoms with Gasteiger partial charge in [-0.1, -0.05) is 33.6 Å². The van der Waals surface area contributed by atoms with Gasteiger partial charge in [-0.05, 0) is 24.1 Å². The van der Waals surface area contributed by atoms with Gasteiger partial charge >= 0.3 is 0 Å². The van der Waals surface area contributed by atoms with E-state index in [-0.39, 0.29) is 16.3 Å². The summed E-state index contributed by atoms with van der Waals surface area (Å²) in [5.74, 6) is 0.242. The van der Waals surface area contributed by atoms with E-state index in [9.17, 15) is 13.5 Å². The molecule has 0 saturated carbocycles. The van der Waals surface area contributed by atoms with Gasteiger partial charge in [0, 0.05) is 13.1 Å². The maximum Gasteiger partial charge on any atom is 0.243 e. The summed E-state index contributed by atoms with van der Waals surface area (Å²) >= 11 is 0. The predicted molar refractivity (Wildman–Crippen MR) is 81.0 cm³/mol. The quantitative estimate of drug-likeness (QED) is 0.598. The first-order valence-electron chi connectivity index (χ1n) is 6.95. The van der Waals surface area contributed by atoms with Crippen LogP contribution in [-0.4, -0.2) is 30.9 Å². The Morgan fingerprint density at radius 2 is 1.85 bits per heavy atom. The summed E-state index contributed by atoms with van der Waals surface area (Å²) in [6.07, 6.45) is 1.89. The number of hydrogen-bond donors (Lipinski definition) is 2. The molecule has 20 heavy (non-hydrogen) atoms. The molecule has 0 radical (unpaired) electrons. The second-order valence-corrected chi connectivity index (χ2v) is 6.80. The molecule has 1 aromatic rings. The average Bonchev–Trinajstić information content (AvgIpc) is 2.42. The second kappa shape index (κ2) is 6.95. The van der Waals surface area contributed by atoms with Crippen LogP contribution < -0.4 is 5.73 Å². The maximum absolute atomic E-state index is 12.6. The van der Waals surface area contributed by atoms with Gasteiger partial charge in [0.1, 0.15) is 5.75 Å². The fourth-order valence-electron chi connectivity index (χ4n) is 2.07. The number of nitrogens with zero attached hydrogens (tertiary/aromatic N) is 1. The summed E-state index contributed by atoms with van der Waals surface area (Å²) in [4.78, 5) is 0.126. The predicted octanol–water partition coefficient (Wildman–Crippen LogP) is 2.42. The van der Waals surface area contributed by atoms with Gasteiger partial charge in [-0.3, -0.25) is 0 Å². The second-order valence-electron chi connectivity index (χ2n) is 4.86. The van der Waals surface area contributed by atoms with E-state index in [1.54, 1.807) is 0 Å². The van der Waals surface area contributed by atoms with Gasteiger partial charge in [0.2, 0.25) is 10.0 Å². The lowest BCUT2D eigenvalue weighted by Gasteiger charge is -2.25. The Balaban J connectivity index is 3.08. The molecule has 0 heterocycles. The summed E-state index contributed by atoms with van der Waals surface area (Å²) < 4.78 is 26.6. The molecule has 0 aliphatic rings. The van der Waals surface area contributed by atoms with Crippen LogP contribution in [0.15, 0.2) is 23.1 Å². The summed E-state index contributed by atoms with van der Waals surface area (Å²) in [6, 6.07) is 4.00. The lowest BCUT2D eigenvalue weighted by atomic mass is 10.0. The molecule has 5 nitrogen and oxygen atoms in total. The van der Waals surface area contributed by atoms with Gasteiger partial charge in [0.15, 0.2) is 0 Å². The number of nitrogens with two attached hydrogens (primary N) is 1. The first-order chi connectivity index (χ1) is 9.36. The van der Waals surface area contributed by atoms with Crippen LogP contribution in [0.25, 0.3) is 0 Å². The minimum atomic E-state index is -3.56. The Bertz CT molecular complexity index is 539. The number of hydrogen-bond acceptors (Lipinski definition) is 4. The fraction of sp³-hybridized carbons (Fsp3) is 0.571. The van der Waals surface area contributed by atoms with Gasteiger partial charge in [0.25, 0.3) is 0 Å². The standard InChI is InChI=1S/C14H24N2O3S/c1-4-11(5-2)10-16(6-3)20(18,19)12-7-8-14(17)13(15)9-12/h7-9,11,17H,4-6,10,15H2,1-3H3. The third kappa shape index (κ3) is 3.64. The van der Waals surface area contributed by atoms with Gasteiger partial charge in [-0.2, -0.15) is 4.31 Å². The summed E-state index contributed by atoms with van der Waals surface area (Å²) in [7, 11) is -3.56. The normalized spacial score (nSPS) is 12.2. The van der Waals surface area contributed by atoms with Crippen molar-refractivity contribution in [2.24, 2.45) is 5.92 Å². The highest BCUT2D eigenvalue weighted by Gasteiger charge is 2.25. The molecule has 0 aromatic heterocycles. The van der Waals surface area contributed by atoms with Crippen LogP contribution in [0.3, 0.4) is 0 Å². The van der Waals surface area contributed by atoms with Crippen molar-refractivity contribution < 1.29 is 13.5 Å². The van der Waals surface area contributed by atoms with Crippen LogP contribution in [0.4, 0.5) is 5.69 Å². The molecule has 0 aliphatic heterocycles. The number of benzene rings is 1. The van der Waals surface area contributed by atoms with Gasteiger partial charge < -0.3 is 10.8 Å². The summed E-state index contributed by atoms with van der Waals surface area (Å²) in [5.41, 5.74) is 5.65. The molecule has 0 aliphatic carbocycles. The number of sulfonamides is 1. The molecule has 0 spiro atoms. The largest absolute Gasteiger partial charge is 0.506 e. The molecule has 1 rings (SSSR count). The Hall–Kier alpha value is -1.27.